The Kier molecular flexibility index (Phi) is 4.02. The van der Waals surface area contributed by atoms with Gasteiger partial charge in [0.15, 0.2) is 0 Å². The van der Waals surface area contributed by atoms with Gasteiger partial charge in [0.25, 0.3) is 0 Å². The van der Waals surface area contributed by atoms with Gasteiger partial charge in [-0.05, 0) is 36.1 Å². The number of rotatable bonds is 4. The van der Waals surface area contributed by atoms with Crippen molar-refractivity contribution in [3.05, 3.63) is 75.8 Å². The average Bonchev–Trinajstić information content (AvgIpc) is 2.53. The molecule has 2 nitrogen and oxygen atoms in total. The molecule has 2 aromatic carbocycles. The fraction of sp³-hybridized carbons (Fsp3) is 0.167. The van der Waals surface area contributed by atoms with Crippen molar-refractivity contribution in [2.24, 2.45) is 0 Å². The van der Waals surface area contributed by atoms with Gasteiger partial charge in [0.1, 0.15) is 0 Å². The van der Waals surface area contributed by atoms with Crippen LogP contribution in [0.4, 0.5) is 5.69 Å². The van der Waals surface area contributed by atoms with Crippen molar-refractivity contribution in [2.45, 2.75) is 13.5 Å². The third kappa shape index (κ3) is 2.98. The lowest BCUT2D eigenvalue weighted by molar-refractivity contribution is 0.836. The summed E-state index contributed by atoms with van der Waals surface area (Å²) < 4.78 is 1.18. The maximum Gasteiger partial charge on any atom is 0.233 e. The first-order chi connectivity index (χ1) is 10.3. The Balaban J connectivity index is 2.02. The molecule has 3 aromatic rings. The molecule has 0 aliphatic heterocycles. The Labute approximate surface area is 128 Å². The summed E-state index contributed by atoms with van der Waals surface area (Å²) in [6.45, 7) is 3.80. The summed E-state index contributed by atoms with van der Waals surface area (Å²) in [6.07, 6.45) is 0. The lowest BCUT2D eigenvalue weighted by Gasteiger charge is -2.23. The highest BCUT2D eigenvalue weighted by Crippen LogP contribution is 2.23. The van der Waals surface area contributed by atoms with E-state index in [1.54, 1.807) is 6.07 Å². The van der Waals surface area contributed by atoms with E-state index in [4.69, 9.17) is 0 Å². The van der Waals surface area contributed by atoms with Crippen molar-refractivity contribution in [1.29, 1.82) is 0 Å². The minimum atomic E-state index is 0.118. The van der Waals surface area contributed by atoms with Gasteiger partial charge in [-0.3, -0.25) is 4.79 Å². The van der Waals surface area contributed by atoms with E-state index in [1.807, 2.05) is 36.4 Å². The van der Waals surface area contributed by atoms with Crippen LogP contribution >= 0.6 is 11.3 Å². The summed E-state index contributed by atoms with van der Waals surface area (Å²) in [5.41, 5.74) is 2.28. The van der Waals surface area contributed by atoms with E-state index in [1.165, 1.54) is 22.4 Å². The molecule has 0 spiro atoms. The zero-order valence-electron chi connectivity index (χ0n) is 12.0. The van der Waals surface area contributed by atoms with Gasteiger partial charge >= 0.3 is 0 Å². The van der Waals surface area contributed by atoms with E-state index in [9.17, 15) is 4.79 Å². The number of para-hydroxylation sites is 1. The standard InChI is InChI=1S/C18H17NOS/c1-2-19(15-8-4-3-5-9-15)13-14-12-18(20)21-17-11-7-6-10-16(14)17/h3-12H,2,13H2,1H3. The van der Waals surface area contributed by atoms with Gasteiger partial charge in [-0.25, -0.2) is 0 Å². The fourth-order valence-electron chi connectivity index (χ4n) is 2.54. The van der Waals surface area contributed by atoms with Crippen molar-refractivity contribution in [3.8, 4) is 0 Å². The number of hydrogen-bond acceptors (Lipinski definition) is 3. The van der Waals surface area contributed by atoms with Crippen molar-refractivity contribution in [3.63, 3.8) is 0 Å². The minimum Gasteiger partial charge on any atom is -0.367 e. The predicted octanol–water partition coefficient (Wildman–Crippen LogP) is 4.29. The highest BCUT2D eigenvalue weighted by molar-refractivity contribution is 7.16. The number of anilines is 1. The molecule has 3 heteroatoms. The molecule has 106 valence electrons. The molecular weight excluding hydrogens is 278 g/mol. The molecule has 0 saturated carbocycles. The van der Waals surface area contributed by atoms with Crippen LogP contribution in [0.2, 0.25) is 0 Å². The Bertz CT molecular complexity index is 795. The zero-order valence-corrected chi connectivity index (χ0v) is 12.8. The molecule has 0 amide bonds. The van der Waals surface area contributed by atoms with Gasteiger partial charge in [-0.15, -0.1) is 0 Å². The molecule has 1 heterocycles. The molecule has 0 radical (unpaired) electrons. The monoisotopic (exact) mass is 295 g/mol. The molecule has 0 aliphatic rings. The first-order valence-electron chi connectivity index (χ1n) is 7.09. The van der Waals surface area contributed by atoms with Gasteiger partial charge in [0.2, 0.25) is 4.74 Å². The Hall–Kier alpha value is -2.13. The number of hydrogen-bond donors (Lipinski definition) is 0. The molecule has 0 unspecified atom stereocenters. The fourth-order valence-corrected chi connectivity index (χ4v) is 3.41. The second-order valence-electron chi connectivity index (χ2n) is 4.94. The van der Waals surface area contributed by atoms with Crippen molar-refractivity contribution < 1.29 is 0 Å². The van der Waals surface area contributed by atoms with Gasteiger partial charge in [-0.2, -0.15) is 0 Å². The smallest absolute Gasteiger partial charge is 0.233 e. The predicted molar refractivity (Wildman–Crippen MR) is 91.3 cm³/mol. The summed E-state index contributed by atoms with van der Waals surface area (Å²) >= 11 is 1.31. The molecule has 0 saturated heterocycles. The van der Waals surface area contributed by atoms with E-state index in [0.717, 1.165) is 23.4 Å². The van der Waals surface area contributed by atoms with Crippen molar-refractivity contribution in [2.75, 3.05) is 11.4 Å². The maximum atomic E-state index is 11.9. The molecule has 0 N–H and O–H groups in total. The largest absolute Gasteiger partial charge is 0.367 e. The van der Waals surface area contributed by atoms with Crippen LogP contribution in [0.5, 0.6) is 0 Å². The van der Waals surface area contributed by atoms with Crippen LogP contribution in [0.1, 0.15) is 12.5 Å². The van der Waals surface area contributed by atoms with E-state index in [-0.39, 0.29) is 4.74 Å². The van der Waals surface area contributed by atoms with E-state index in [2.05, 4.69) is 30.0 Å². The lowest BCUT2D eigenvalue weighted by Crippen LogP contribution is -2.22. The highest BCUT2D eigenvalue weighted by Gasteiger charge is 2.09. The molecule has 21 heavy (non-hydrogen) atoms. The van der Waals surface area contributed by atoms with Crippen molar-refractivity contribution in [1.82, 2.24) is 0 Å². The number of nitrogens with zero attached hydrogens (tertiary/aromatic N) is 1. The maximum absolute atomic E-state index is 11.9. The van der Waals surface area contributed by atoms with Gasteiger partial charge in [0.05, 0.1) is 0 Å². The minimum absolute atomic E-state index is 0.118. The molecule has 0 fully saturated rings. The first-order valence-corrected chi connectivity index (χ1v) is 7.91. The third-order valence-electron chi connectivity index (χ3n) is 3.60. The molecule has 3 rings (SSSR count). The lowest BCUT2D eigenvalue weighted by atomic mass is 10.1. The molecule has 1 aromatic heterocycles. The Morgan fingerprint density at radius 2 is 1.71 bits per heavy atom. The normalized spacial score (nSPS) is 10.7. The van der Waals surface area contributed by atoms with Crippen molar-refractivity contribution >= 4 is 27.1 Å². The summed E-state index contributed by atoms with van der Waals surface area (Å²) in [6, 6.07) is 20.2. The van der Waals surface area contributed by atoms with Crippen LogP contribution in [0.15, 0.2) is 65.5 Å². The van der Waals surface area contributed by atoms with Gasteiger partial charge in [0, 0.05) is 29.5 Å². The van der Waals surface area contributed by atoms with E-state index in [0.29, 0.717) is 0 Å². The van der Waals surface area contributed by atoms with E-state index < -0.39 is 0 Å². The quantitative estimate of drug-likeness (QED) is 0.715. The zero-order chi connectivity index (χ0) is 14.7. The second kappa shape index (κ2) is 6.10. The molecule has 0 bridgehead atoms. The number of fused-ring (bicyclic) bond motifs is 1. The van der Waals surface area contributed by atoms with Crippen LogP contribution in [-0.2, 0) is 6.54 Å². The first kappa shape index (κ1) is 13.8. The van der Waals surface area contributed by atoms with E-state index >= 15 is 0 Å². The topological polar surface area (TPSA) is 20.3 Å². The number of benzene rings is 2. The van der Waals surface area contributed by atoms with Crippen LogP contribution in [0.3, 0.4) is 0 Å². The third-order valence-corrected chi connectivity index (χ3v) is 4.49. The van der Waals surface area contributed by atoms with Gasteiger partial charge < -0.3 is 4.90 Å². The molecular formula is C18H17NOS. The SMILES string of the molecule is CCN(Cc1cc(=O)sc2ccccc12)c1ccccc1. The van der Waals surface area contributed by atoms with Crippen LogP contribution in [0.25, 0.3) is 10.1 Å². The Morgan fingerprint density at radius 1 is 1.00 bits per heavy atom. The highest BCUT2D eigenvalue weighted by atomic mass is 32.1. The molecule has 0 atom stereocenters. The summed E-state index contributed by atoms with van der Waals surface area (Å²) in [7, 11) is 0. The summed E-state index contributed by atoms with van der Waals surface area (Å²) in [5, 5.41) is 1.18. The summed E-state index contributed by atoms with van der Waals surface area (Å²) in [5.74, 6) is 0. The summed E-state index contributed by atoms with van der Waals surface area (Å²) in [4.78, 5) is 14.2. The van der Waals surface area contributed by atoms with Crippen LogP contribution < -0.4 is 9.64 Å². The van der Waals surface area contributed by atoms with Crippen LogP contribution in [0, 0.1) is 0 Å². The average molecular weight is 295 g/mol. The van der Waals surface area contributed by atoms with Crippen LogP contribution in [-0.4, -0.2) is 6.54 Å². The second-order valence-corrected chi connectivity index (χ2v) is 5.98. The Morgan fingerprint density at radius 3 is 2.48 bits per heavy atom. The van der Waals surface area contributed by atoms with Gasteiger partial charge in [-0.1, -0.05) is 47.7 Å². The molecule has 0 aliphatic carbocycles.